The van der Waals surface area contributed by atoms with Crippen molar-refractivity contribution in [1.29, 1.82) is 0 Å². The molecule has 9 heteroatoms. The largest absolute Gasteiger partial charge is 0.473 e. The molecule has 1 aliphatic heterocycles. The van der Waals surface area contributed by atoms with Crippen molar-refractivity contribution < 1.29 is 41.0 Å². The Balaban J connectivity index is 0.000000583. The van der Waals surface area contributed by atoms with E-state index >= 15 is 0 Å². The Morgan fingerprint density at radius 1 is 1.20 bits per heavy atom. The van der Waals surface area contributed by atoms with Crippen LogP contribution < -0.4 is 0 Å². The molecule has 0 atom stereocenters. The predicted octanol–water partition coefficient (Wildman–Crippen LogP) is 1.41. The average molecular weight is 240 g/mol. The lowest BCUT2D eigenvalue weighted by Gasteiger charge is -2.17. The summed E-state index contributed by atoms with van der Waals surface area (Å²) in [5.74, 6) is -14.2. The zero-order valence-electron chi connectivity index (χ0n) is 7.24. The maximum absolute atomic E-state index is 11.9. The van der Waals surface area contributed by atoms with Crippen LogP contribution in [0.1, 0.15) is 6.92 Å². The Bertz CT molecular complexity index is 251. The lowest BCUT2D eigenvalue weighted by atomic mass is 10.2. The third-order valence-corrected chi connectivity index (χ3v) is 1.24. The van der Waals surface area contributed by atoms with Gasteiger partial charge in [-0.15, -0.1) is 0 Å². The molecule has 1 rings (SSSR count). The molecule has 0 aliphatic carbocycles. The van der Waals surface area contributed by atoms with Gasteiger partial charge in [0.25, 0.3) is 0 Å². The second kappa shape index (κ2) is 3.87. The first-order valence-corrected chi connectivity index (χ1v) is 3.52. The molecule has 1 fully saturated rings. The fourth-order valence-electron chi connectivity index (χ4n) is 0.556. The second-order valence-electron chi connectivity index (χ2n) is 2.37. The van der Waals surface area contributed by atoms with E-state index in [1.54, 1.807) is 6.92 Å². The van der Waals surface area contributed by atoms with Crippen molar-refractivity contribution in [2.45, 2.75) is 24.9 Å². The highest BCUT2D eigenvalue weighted by molar-refractivity contribution is 5.82. The van der Waals surface area contributed by atoms with Crippen LogP contribution in [0.15, 0.2) is 0 Å². The Hall–Kier alpha value is -0.990. The first kappa shape index (κ1) is 14.0. The molecule has 90 valence electrons. The van der Waals surface area contributed by atoms with E-state index in [4.69, 9.17) is 5.11 Å². The van der Waals surface area contributed by atoms with Gasteiger partial charge in [-0.1, -0.05) is 0 Å². The van der Waals surface area contributed by atoms with Crippen molar-refractivity contribution >= 4 is 5.97 Å². The number of rotatable bonds is 0. The van der Waals surface area contributed by atoms with Gasteiger partial charge >= 0.3 is 23.9 Å². The van der Waals surface area contributed by atoms with Crippen LogP contribution in [-0.4, -0.2) is 35.6 Å². The SMILES string of the molecule is CCO.O=C1OC(F)(F)C(F)(F)C1(F)F. The highest BCUT2D eigenvalue weighted by Gasteiger charge is 2.84. The quantitative estimate of drug-likeness (QED) is 0.514. The van der Waals surface area contributed by atoms with Crippen LogP contribution in [0.4, 0.5) is 26.3 Å². The lowest BCUT2D eigenvalue weighted by Crippen LogP contribution is -2.48. The van der Waals surface area contributed by atoms with E-state index in [2.05, 4.69) is 4.74 Å². The lowest BCUT2D eigenvalue weighted by molar-refractivity contribution is -0.324. The summed E-state index contributed by atoms with van der Waals surface area (Å²) in [6.45, 7) is 1.93. The number of aliphatic hydroxyl groups excluding tert-OH is 1. The summed E-state index contributed by atoms with van der Waals surface area (Å²) in [6, 6.07) is 0. The fourth-order valence-corrected chi connectivity index (χ4v) is 0.556. The maximum atomic E-state index is 11.9. The van der Waals surface area contributed by atoms with Gasteiger partial charge < -0.3 is 9.84 Å². The summed E-state index contributed by atoms with van der Waals surface area (Å²) in [5.41, 5.74) is 0. The first-order valence-electron chi connectivity index (χ1n) is 3.52. The molecule has 0 aromatic rings. The fraction of sp³-hybridized carbons (Fsp3) is 0.833. The molecule has 0 amide bonds. The number of ether oxygens (including phenoxy) is 1. The summed E-state index contributed by atoms with van der Waals surface area (Å²) in [6.07, 6.45) is -5.44. The number of carbonyl (C=O) groups excluding carboxylic acids is 1. The molecule has 0 aromatic heterocycles. The van der Waals surface area contributed by atoms with Gasteiger partial charge in [-0.25, -0.2) is 4.79 Å². The number of carbonyl (C=O) groups is 1. The molecule has 0 saturated carbocycles. The van der Waals surface area contributed by atoms with Gasteiger partial charge in [0, 0.05) is 6.61 Å². The Labute approximate surface area is 79.6 Å². The zero-order valence-corrected chi connectivity index (χ0v) is 7.24. The van der Waals surface area contributed by atoms with E-state index in [0.29, 0.717) is 0 Å². The van der Waals surface area contributed by atoms with Crippen LogP contribution in [0, 0.1) is 0 Å². The summed E-state index contributed by atoms with van der Waals surface area (Å²) < 4.78 is 73.7. The summed E-state index contributed by atoms with van der Waals surface area (Å²) >= 11 is 0. The molecule has 15 heavy (non-hydrogen) atoms. The molecule has 3 nitrogen and oxygen atoms in total. The number of alkyl halides is 6. The van der Waals surface area contributed by atoms with Crippen molar-refractivity contribution in [3.63, 3.8) is 0 Å². The smallest absolute Gasteiger partial charge is 0.397 e. The molecule has 1 saturated heterocycles. The predicted molar refractivity (Wildman–Crippen MR) is 33.7 cm³/mol. The van der Waals surface area contributed by atoms with Gasteiger partial charge in [-0.05, 0) is 6.92 Å². The molecule has 0 radical (unpaired) electrons. The summed E-state index contributed by atoms with van der Waals surface area (Å²) in [4.78, 5) is 9.79. The number of esters is 1. The van der Waals surface area contributed by atoms with Crippen molar-refractivity contribution in [2.24, 2.45) is 0 Å². The van der Waals surface area contributed by atoms with Crippen LogP contribution in [0.3, 0.4) is 0 Å². The van der Waals surface area contributed by atoms with Gasteiger partial charge in [0.2, 0.25) is 0 Å². The van der Waals surface area contributed by atoms with Crippen molar-refractivity contribution in [3.8, 4) is 0 Å². The van der Waals surface area contributed by atoms with E-state index in [1.165, 1.54) is 0 Å². The van der Waals surface area contributed by atoms with Gasteiger partial charge in [0.15, 0.2) is 0 Å². The maximum Gasteiger partial charge on any atom is 0.473 e. The van der Waals surface area contributed by atoms with E-state index in [-0.39, 0.29) is 6.61 Å². The highest BCUT2D eigenvalue weighted by Crippen LogP contribution is 2.52. The standard InChI is InChI=1S/C4F6O2.C2H6O/c5-2(6)1(11)12-4(9,10)3(2,7)8;1-2-3/h;3H,2H2,1H3. The zero-order chi connectivity index (χ0) is 12.5. The number of halogens is 6. The average Bonchev–Trinajstić information content (AvgIpc) is 2.12. The molecule has 0 aromatic carbocycles. The van der Waals surface area contributed by atoms with Gasteiger partial charge in [-0.3, -0.25) is 0 Å². The first-order chi connectivity index (χ1) is 6.54. The minimum absolute atomic E-state index is 0.250. The molecule has 1 N–H and O–H groups in total. The van der Waals surface area contributed by atoms with E-state index in [1.807, 2.05) is 0 Å². The number of cyclic esters (lactones) is 1. The van der Waals surface area contributed by atoms with Crippen LogP contribution >= 0.6 is 0 Å². The Morgan fingerprint density at radius 2 is 1.53 bits per heavy atom. The van der Waals surface area contributed by atoms with Crippen LogP contribution in [-0.2, 0) is 9.53 Å². The summed E-state index contributed by atoms with van der Waals surface area (Å²) in [5, 5.41) is 7.57. The van der Waals surface area contributed by atoms with Gasteiger partial charge in [0.05, 0.1) is 0 Å². The third kappa shape index (κ3) is 2.01. The summed E-state index contributed by atoms with van der Waals surface area (Å²) in [7, 11) is 0. The molecule has 0 spiro atoms. The topological polar surface area (TPSA) is 46.5 Å². The number of aliphatic hydroxyl groups is 1. The number of hydrogen-bond acceptors (Lipinski definition) is 3. The normalized spacial score (nSPS) is 25.2. The van der Waals surface area contributed by atoms with E-state index in [0.717, 1.165) is 0 Å². The molecular weight excluding hydrogens is 234 g/mol. The van der Waals surface area contributed by atoms with Crippen molar-refractivity contribution in [3.05, 3.63) is 0 Å². The van der Waals surface area contributed by atoms with Crippen molar-refractivity contribution in [2.75, 3.05) is 6.61 Å². The molecule has 0 unspecified atom stereocenters. The highest BCUT2D eigenvalue weighted by atomic mass is 19.4. The molecular formula is C6H6F6O3. The Kier molecular flexibility index (Phi) is 3.62. The third-order valence-electron chi connectivity index (χ3n) is 1.24. The monoisotopic (exact) mass is 240 g/mol. The minimum Gasteiger partial charge on any atom is -0.397 e. The molecule has 1 aliphatic rings. The van der Waals surface area contributed by atoms with E-state index < -0.39 is 23.9 Å². The minimum atomic E-state index is -5.78. The molecule has 1 heterocycles. The number of hydrogen-bond donors (Lipinski definition) is 1. The van der Waals surface area contributed by atoms with Crippen LogP contribution in [0.25, 0.3) is 0 Å². The van der Waals surface area contributed by atoms with E-state index in [9.17, 15) is 31.1 Å². The second-order valence-corrected chi connectivity index (χ2v) is 2.37. The Morgan fingerprint density at radius 3 is 1.60 bits per heavy atom. The van der Waals surface area contributed by atoms with Crippen LogP contribution in [0.5, 0.6) is 0 Å². The molecule has 0 bridgehead atoms. The van der Waals surface area contributed by atoms with Gasteiger partial charge in [0.1, 0.15) is 0 Å². The van der Waals surface area contributed by atoms with Crippen LogP contribution in [0.2, 0.25) is 0 Å². The van der Waals surface area contributed by atoms with Gasteiger partial charge in [-0.2, -0.15) is 26.3 Å². The van der Waals surface area contributed by atoms with Crippen molar-refractivity contribution in [1.82, 2.24) is 0 Å².